The fourth-order valence-electron chi connectivity index (χ4n) is 12.2. The minimum atomic E-state index is -0.117. The van der Waals surface area contributed by atoms with Crippen molar-refractivity contribution >= 4 is 55.2 Å². The molecule has 0 aliphatic heterocycles. The van der Waals surface area contributed by atoms with E-state index >= 15 is 0 Å². The second-order valence-electron chi connectivity index (χ2n) is 19.7. The van der Waals surface area contributed by atoms with Gasteiger partial charge >= 0.3 is 0 Å². The van der Waals surface area contributed by atoms with Crippen LogP contribution in [-0.4, -0.2) is 0 Å². The van der Waals surface area contributed by atoms with E-state index in [-0.39, 0.29) is 10.8 Å². The highest BCUT2D eigenvalue weighted by atomic mass is 14.4. The summed E-state index contributed by atoms with van der Waals surface area (Å²) in [6.07, 6.45) is 3.90. The Morgan fingerprint density at radius 3 is 1.03 bits per heavy atom. The summed E-state index contributed by atoms with van der Waals surface area (Å²) < 4.78 is 0. The van der Waals surface area contributed by atoms with E-state index in [1.54, 1.807) is 0 Å². The maximum absolute atomic E-state index is 4.05. The van der Waals surface area contributed by atoms with Crippen molar-refractivity contribution in [3.63, 3.8) is 0 Å². The van der Waals surface area contributed by atoms with Crippen molar-refractivity contribution in [3.05, 3.63) is 229 Å². The van der Waals surface area contributed by atoms with Gasteiger partial charge < -0.3 is 0 Å². The molecule has 0 aromatic heterocycles. The number of fused-ring (bicyclic) bond motifs is 8. The molecule has 0 radical (unpaired) electrons. The van der Waals surface area contributed by atoms with Crippen LogP contribution < -0.4 is 0 Å². The Bertz CT molecular complexity index is 3630. The lowest BCUT2D eigenvalue weighted by Gasteiger charge is -2.23. The molecule has 0 heteroatoms. The highest BCUT2D eigenvalue weighted by Crippen LogP contribution is 2.53. The molecule has 0 N–H and O–H groups in total. The first kappa shape index (κ1) is 38.6. The van der Waals surface area contributed by atoms with Gasteiger partial charge in [-0.2, -0.15) is 0 Å². The summed E-state index contributed by atoms with van der Waals surface area (Å²) in [5.74, 6) is 0. The first-order valence-electron chi connectivity index (χ1n) is 23.3. The molecule has 66 heavy (non-hydrogen) atoms. The molecule has 0 unspecified atom stereocenters. The molecule has 2 aliphatic rings. The highest BCUT2D eigenvalue weighted by molar-refractivity contribution is 6.35. The highest BCUT2D eigenvalue weighted by Gasteiger charge is 2.37. The number of hydrogen-bond acceptors (Lipinski definition) is 0. The minimum absolute atomic E-state index is 0.117. The van der Waals surface area contributed by atoms with E-state index in [0.29, 0.717) is 0 Å². The largest absolute Gasteiger partial charge is 0.0985 e. The van der Waals surface area contributed by atoms with Crippen LogP contribution in [0.25, 0.3) is 122 Å². The predicted molar refractivity (Wildman–Crippen MR) is 285 cm³/mol. The Morgan fingerprint density at radius 1 is 0.288 bits per heavy atom. The van der Waals surface area contributed by atoms with E-state index in [9.17, 15) is 0 Å². The third-order valence-electron chi connectivity index (χ3n) is 15.6. The molecule has 0 amide bonds. The van der Waals surface area contributed by atoms with Crippen LogP contribution in [0.15, 0.2) is 195 Å². The molecule has 312 valence electrons. The molecule has 0 saturated carbocycles. The molecule has 0 spiro atoms. The van der Waals surface area contributed by atoms with Gasteiger partial charge in [-0.3, -0.25) is 0 Å². The van der Waals surface area contributed by atoms with Gasteiger partial charge in [0.05, 0.1) is 0 Å². The van der Waals surface area contributed by atoms with Crippen LogP contribution in [-0.2, 0) is 10.8 Å². The van der Waals surface area contributed by atoms with Crippen molar-refractivity contribution in [2.24, 2.45) is 0 Å². The molecular formula is C66H48. The van der Waals surface area contributed by atoms with E-state index in [0.717, 1.165) is 11.1 Å². The first-order valence-corrected chi connectivity index (χ1v) is 23.3. The van der Waals surface area contributed by atoms with Crippen LogP contribution in [0.5, 0.6) is 0 Å². The van der Waals surface area contributed by atoms with E-state index in [2.05, 4.69) is 223 Å². The molecule has 0 fully saturated rings. The Morgan fingerprint density at radius 2 is 0.621 bits per heavy atom. The summed E-state index contributed by atoms with van der Waals surface area (Å²) in [5.41, 5.74) is 22.9. The quantitative estimate of drug-likeness (QED) is 0.116. The molecule has 11 aromatic rings. The summed E-state index contributed by atoms with van der Waals surface area (Å²) in [4.78, 5) is 0. The zero-order chi connectivity index (χ0) is 44.6. The van der Waals surface area contributed by atoms with Crippen LogP contribution in [0.4, 0.5) is 0 Å². The summed E-state index contributed by atoms with van der Waals surface area (Å²) in [6.45, 7) is 17.5. The fraction of sp³-hybridized carbons (Fsp3) is 0.0909. The third-order valence-corrected chi connectivity index (χ3v) is 15.6. The fourth-order valence-corrected chi connectivity index (χ4v) is 12.2. The lowest BCUT2D eigenvalue weighted by atomic mass is 9.80. The van der Waals surface area contributed by atoms with Crippen molar-refractivity contribution in [1.82, 2.24) is 0 Å². The molecule has 2 aliphatic carbocycles. The smallest absolute Gasteiger partial charge is 0.0159 e. The Balaban J connectivity index is 0.948. The van der Waals surface area contributed by atoms with Gasteiger partial charge in [0.25, 0.3) is 0 Å². The van der Waals surface area contributed by atoms with Crippen LogP contribution in [0, 0.1) is 0 Å². The van der Waals surface area contributed by atoms with Crippen LogP contribution in [0.1, 0.15) is 61.1 Å². The van der Waals surface area contributed by atoms with E-state index in [4.69, 9.17) is 0 Å². The lowest BCUT2D eigenvalue weighted by Crippen LogP contribution is -2.15. The predicted octanol–water partition coefficient (Wildman–Crippen LogP) is 18.3. The first-order chi connectivity index (χ1) is 32.1. The van der Waals surface area contributed by atoms with Gasteiger partial charge in [0.15, 0.2) is 0 Å². The Hall–Kier alpha value is -7.80. The van der Waals surface area contributed by atoms with Gasteiger partial charge in [-0.1, -0.05) is 223 Å². The molecule has 0 bridgehead atoms. The van der Waals surface area contributed by atoms with Crippen molar-refractivity contribution in [3.8, 4) is 66.8 Å². The van der Waals surface area contributed by atoms with Gasteiger partial charge in [0.2, 0.25) is 0 Å². The molecule has 11 aromatic carbocycles. The summed E-state index contributed by atoms with van der Waals surface area (Å²) >= 11 is 0. The van der Waals surface area contributed by atoms with Crippen molar-refractivity contribution in [2.45, 2.75) is 38.5 Å². The van der Waals surface area contributed by atoms with Crippen molar-refractivity contribution in [1.29, 1.82) is 0 Å². The van der Waals surface area contributed by atoms with Crippen molar-refractivity contribution < 1.29 is 0 Å². The van der Waals surface area contributed by atoms with E-state index < -0.39 is 0 Å². The van der Waals surface area contributed by atoms with Gasteiger partial charge in [-0.25, -0.2) is 0 Å². The zero-order valence-corrected chi connectivity index (χ0v) is 37.9. The average molecular weight is 841 g/mol. The standard InChI is InChI=1S/C66H48/c1-7-39-23-27-49-51-29-25-41(37-61(51)65(3,4)59(49)35-39)43-15-9-11-17-45(43)47-31-33-57-56-22-14-20-54-48(32-34-58(64(54)56)55-21-13-19-53(47)63(55)57)46-18-12-10-16-44(46)42-26-30-52-50-28-24-40(8-2)36-60(50)66(5,6)62(52)38-42/h7-38H,1-2H2,3-6H3. The molecule has 0 atom stereocenters. The zero-order valence-electron chi connectivity index (χ0n) is 37.9. The number of rotatable bonds is 6. The van der Waals surface area contributed by atoms with Gasteiger partial charge in [-0.05, 0) is 155 Å². The SMILES string of the molecule is C=Cc1ccc2c(c1)C(C)(C)c1cc(-c3ccccc3-c3ccc4c5cccc6c(-c7ccccc7-c7ccc8c(c7)C(C)(C)c7cc(C=C)ccc7-8)ccc(c7cccc3c74)c65)ccc1-2. The number of benzene rings is 11. The minimum Gasteiger partial charge on any atom is -0.0985 e. The summed E-state index contributed by atoms with van der Waals surface area (Å²) in [6, 6.07) is 69.1. The maximum Gasteiger partial charge on any atom is 0.0159 e. The third kappa shape index (κ3) is 5.27. The lowest BCUT2D eigenvalue weighted by molar-refractivity contribution is 0.660. The monoisotopic (exact) mass is 840 g/mol. The van der Waals surface area contributed by atoms with Crippen molar-refractivity contribution in [2.75, 3.05) is 0 Å². The van der Waals surface area contributed by atoms with Crippen LogP contribution in [0.3, 0.4) is 0 Å². The molecule has 13 rings (SSSR count). The molecular weight excluding hydrogens is 793 g/mol. The maximum atomic E-state index is 4.05. The van der Waals surface area contributed by atoms with Gasteiger partial charge in [0.1, 0.15) is 0 Å². The topological polar surface area (TPSA) is 0 Å². The van der Waals surface area contributed by atoms with E-state index in [1.165, 1.54) is 132 Å². The number of hydrogen-bond donors (Lipinski definition) is 0. The second-order valence-corrected chi connectivity index (χ2v) is 19.7. The molecule has 0 saturated heterocycles. The van der Waals surface area contributed by atoms with Crippen LogP contribution >= 0.6 is 0 Å². The summed E-state index contributed by atoms with van der Waals surface area (Å²) in [7, 11) is 0. The second kappa shape index (κ2) is 13.9. The average Bonchev–Trinajstić information content (AvgIpc) is 3.72. The summed E-state index contributed by atoms with van der Waals surface area (Å²) in [5, 5.41) is 10.4. The Kier molecular flexibility index (Phi) is 8.11. The van der Waals surface area contributed by atoms with Gasteiger partial charge in [0, 0.05) is 10.8 Å². The molecule has 0 nitrogen and oxygen atoms in total. The van der Waals surface area contributed by atoms with E-state index in [1.807, 2.05) is 12.2 Å². The Labute approximate surface area is 387 Å². The van der Waals surface area contributed by atoms with Crippen LogP contribution in [0.2, 0.25) is 0 Å². The molecule has 0 heterocycles. The normalized spacial score (nSPS) is 14.1. The van der Waals surface area contributed by atoms with Gasteiger partial charge in [-0.15, -0.1) is 0 Å².